The van der Waals surface area contributed by atoms with Gasteiger partial charge >= 0.3 is 0 Å². The summed E-state index contributed by atoms with van der Waals surface area (Å²) in [7, 11) is -2.50. The molecular weight excluding hydrogens is 307 g/mol. The first kappa shape index (κ1) is 14.8. The van der Waals surface area contributed by atoms with Gasteiger partial charge in [-0.2, -0.15) is 5.10 Å². The lowest BCUT2D eigenvalue weighted by Gasteiger charge is -2.10. The second kappa shape index (κ2) is 5.39. The molecule has 0 radical (unpaired) electrons. The van der Waals surface area contributed by atoms with Gasteiger partial charge in [-0.25, -0.2) is 12.8 Å². The molecule has 6 nitrogen and oxygen atoms in total. The van der Waals surface area contributed by atoms with E-state index in [1.165, 1.54) is 16.8 Å². The summed E-state index contributed by atoms with van der Waals surface area (Å²) in [5, 5.41) is 3.95. The minimum absolute atomic E-state index is 0.0268. The van der Waals surface area contributed by atoms with Crippen LogP contribution in [0.3, 0.4) is 0 Å². The van der Waals surface area contributed by atoms with E-state index in [1.807, 2.05) is 0 Å². The largest absolute Gasteiger partial charge is 0.326 e. The molecule has 0 amide bonds. The molecule has 0 bridgehead atoms. The Bertz CT molecular complexity index is 745. The van der Waals surface area contributed by atoms with Crippen LogP contribution in [0, 0.1) is 5.82 Å². The van der Waals surface area contributed by atoms with Gasteiger partial charge < -0.3 is 5.73 Å². The molecule has 0 unspecified atom stereocenters. The summed E-state index contributed by atoms with van der Waals surface area (Å²) in [4.78, 5) is -0.559. The molecule has 0 spiro atoms. The predicted octanol–water partition coefficient (Wildman–Crippen LogP) is 1.47. The SMILES string of the molecule is Cn1ccc(NS(=O)(=O)c2cc(Cl)cc(CN)c2F)n1. The van der Waals surface area contributed by atoms with Crippen molar-refractivity contribution in [3.8, 4) is 0 Å². The van der Waals surface area contributed by atoms with Gasteiger partial charge in [0.1, 0.15) is 10.7 Å². The zero-order valence-electron chi connectivity index (χ0n) is 10.5. The Morgan fingerprint density at radius 1 is 1.50 bits per heavy atom. The van der Waals surface area contributed by atoms with Crippen molar-refractivity contribution >= 4 is 27.4 Å². The van der Waals surface area contributed by atoms with Crippen molar-refractivity contribution in [2.45, 2.75) is 11.4 Å². The summed E-state index contributed by atoms with van der Waals surface area (Å²) in [5.41, 5.74) is 5.38. The van der Waals surface area contributed by atoms with Gasteiger partial charge in [0.15, 0.2) is 5.82 Å². The van der Waals surface area contributed by atoms with Crippen LogP contribution in [0.4, 0.5) is 10.2 Å². The molecule has 3 N–H and O–H groups in total. The lowest BCUT2D eigenvalue weighted by atomic mass is 10.2. The monoisotopic (exact) mass is 318 g/mol. The lowest BCUT2D eigenvalue weighted by molar-refractivity contribution is 0.560. The number of anilines is 1. The molecule has 20 heavy (non-hydrogen) atoms. The quantitative estimate of drug-likeness (QED) is 0.893. The topological polar surface area (TPSA) is 90.0 Å². The van der Waals surface area contributed by atoms with Gasteiger partial charge in [-0.3, -0.25) is 9.40 Å². The standard InChI is InChI=1S/C11H12ClFN4O2S/c1-17-3-2-10(15-17)16-20(18,19)9-5-8(12)4-7(6-14)11(9)13/h2-5H,6,14H2,1H3,(H,15,16). The molecule has 2 rings (SSSR count). The third-order valence-corrected chi connectivity index (χ3v) is 4.11. The third kappa shape index (κ3) is 2.92. The maximum atomic E-state index is 14.1. The molecule has 108 valence electrons. The van der Waals surface area contributed by atoms with E-state index in [9.17, 15) is 12.8 Å². The van der Waals surface area contributed by atoms with Gasteiger partial charge in [-0.05, 0) is 12.1 Å². The van der Waals surface area contributed by atoms with E-state index >= 15 is 0 Å². The van der Waals surface area contributed by atoms with Crippen LogP contribution in [-0.2, 0) is 23.6 Å². The highest BCUT2D eigenvalue weighted by Crippen LogP contribution is 2.25. The zero-order chi connectivity index (χ0) is 14.9. The van der Waals surface area contributed by atoms with Crippen LogP contribution in [0.2, 0.25) is 5.02 Å². The first-order valence-corrected chi connectivity index (χ1v) is 7.40. The molecular formula is C11H12ClFN4O2S. The predicted molar refractivity (Wildman–Crippen MR) is 73.3 cm³/mol. The first-order valence-electron chi connectivity index (χ1n) is 5.54. The molecule has 0 aliphatic carbocycles. The number of nitrogens with two attached hydrogens (primary N) is 1. The van der Waals surface area contributed by atoms with Crippen LogP contribution in [0.5, 0.6) is 0 Å². The number of nitrogens with one attached hydrogen (secondary N) is 1. The maximum absolute atomic E-state index is 14.1. The molecule has 0 aliphatic rings. The molecule has 1 heterocycles. The van der Waals surface area contributed by atoms with Crippen molar-refractivity contribution in [1.29, 1.82) is 0 Å². The zero-order valence-corrected chi connectivity index (χ0v) is 12.0. The van der Waals surface area contributed by atoms with E-state index in [1.54, 1.807) is 13.2 Å². The molecule has 1 aromatic carbocycles. The summed E-state index contributed by atoms with van der Waals surface area (Å²) in [6, 6.07) is 3.77. The van der Waals surface area contributed by atoms with Gasteiger partial charge in [-0.15, -0.1) is 0 Å². The number of hydrogen-bond acceptors (Lipinski definition) is 4. The number of aryl methyl sites for hydroxylation is 1. The number of hydrogen-bond donors (Lipinski definition) is 2. The van der Waals surface area contributed by atoms with Crippen LogP contribution in [0.15, 0.2) is 29.3 Å². The Kier molecular flexibility index (Phi) is 3.98. The van der Waals surface area contributed by atoms with E-state index in [4.69, 9.17) is 17.3 Å². The Balaban J connectivity index is 2.46. The molecule has 0 aliphatic heterocycles. The molecule has 2 aromatic rings. The number of benzene rings is 1. The van der Waals surface area contributed by atoms with Crippen molar-refractivity contribution < 1.29 is 12.8 Å². The number of rotatable bonds is 4. The summed E-state index contributed by atoms with van der Waals surface area (Å²) in [6.07, 6.45) is 1.55. The van der Waals surface area contributed by atoms with Gasteiger partial charge in [-0.1, -0.05) is 11.6 Å². The number of nitrogens with zero attached hydrogens (tertiary/aromatic N) is 2. The first-order chi connectivity index (χ1) is 9.33. The lowest BCUT2D eigenvalue weighted by Crippen LogP contribution is -2.16. The van der Waals surface area contributed by atoms with E-state index < -0.39 is 20.7 Å². The van der Waals surface area contributed by atoms with Crippen LogP contribution >= 0.6 is 11.6 Å². The fraction of sp³-hybridized carbons (Fsp3) is 0.182. The average molecular weight is 319 g/mol. The van der Waals surface area contributed by atoms with E-state index in [-0.39, 0.29) is 22.9 Å². The summed E-state index contributed by atoms with van der Waals surface area (Å²) in [6.45, 7) is -0.154. The normalized spacial score (nSPS) is 11.6. The van der Waals surface area contributed by atoms with E-state index in [0.717, 1.165) is 6.07 Å². The highest BCUT2D eigenvalue weighted by molar-refractivity contribution is 7.92. The average Bonchev–Trinajstić information content (AvgIpc) is 2.76. The fourth-order valence-electron chi connectivity index (χ4n) is 1.62. The van der Waals surface area contributed by atoms with Crippen molar-refractivity contribution in [2.75, 3.05) is 4.72 Å². The smallest absolute Gasteiger partial charge is 0.266 e. The highest BCUT2D eigenvalue weighted by atomic mass is 35.5. The summed E-state index contributed by atoms with van der Waals surface area (Å²) >= 11 is 5.78. The number of halogens is 2. The van der Waals surface area contributed by atoms with Crippen molar-refractivity contribution in [2.24, 2.45) is 12.8 Å². The Morgan fingerprint density at radius 2 is 2.20 bits per heavy atom. The molecule has 9 heteroatoms. The van der Waals surface area contributed by atoms with Crippen molar-refractivity contribution in [3.63, 3.8) is 0 Å². The Labute approximate surface area is 120 Å². The van der Waals surface area contributed by atoms with E-state index in [0.29, 0.717) is 0 Å². The fourth-order valence-corrected chi connectivity index (χ4v) is 3.07. The van der Waals surface area contributed by atoms with Crippen molar-refractivity contribution in [1.82, 2.24) is 9.78 Å². The molecule has 0 saturated heterocycles. The molecule has 0 atom stereocenters. The molecule has 0 saturated carbocycles. The van der Waals surface area contributed by atoms with E-state index in [2.05, 4.69) is 9.82 Å². The maximum Gasteiger partial charge on any atom is 0.266 e. The Morgan fingerprint density at radius 3 is 2.75 bits per heavy atom. The number of aromatic nitrogens is 2. The van der Waals surface area contributed by atoms with Gasteiger partial charge in [0, 0.05) is 36.4 Å². The number of sulfonamides is 1. The molecule has 1 aromatic heterocycles. The van der Waals surface area contributed by atoms with Crippen LogP contribution in [0.1, 0.15) is 5.56 Å². The third-order valence-electron chi connectivity index (χ3n) is 2.54. The Hall–Kier alpha value is -1.64. The minimum atomic E-state index is -4.13. The minimum Gasteiger partial charge on any atom is -0.326 e. The van der Waals surface area contributed by atoms with Crippen LogP contribution in [0.25, 0.3) is 0 Å². The van der Waals surface area contributed by atoms with Gasteiger partial charge in [0.2, 0.25) is 0 Å². The van der Waals surface area contributed by atoms with Gasteiger partial charge in [0.05, 0.1) is 0 Å². The summed E-state index contributed by atoms with van der Waals surface area (Å²) in [5.74, 6) is -0.832. The molecule has 0 fully saturated rings. The second-order valence-corrected chi connectivity index (χ2v) is 6.15. The van der Waals surface area contributed by atoms with Crippen LogP contribution in [-0.4, -0.2) is 18.2 Å². The van der Waals surface area contributed by atoms with Crippen molar-refractivity contribution in [3.05, 3.63) is 40.8 Å². The summed E-state index contributed by atoms with van der Waals surface area (Å²) < 4.78 is 42.0. The highest BCUT2D eigenvalue weighted by Gasteiger charge is 2.23. The second-order valence-electron chi connectivity index (χ2n) is 4.06. The van der Waals surface area contributed by atoms with Crippen LogP contribution < -0.4 is 10.5 Å². The van der Waals surface area contributed by atoms with Gasteiger partial charge in [0.25, 0.3) is 10.0 Å².